The SMILES string of the molecule is Cc1ccc(C)c(N=C[C@H]2C(=O)NC(=S)N(c3ccc(Cl)cc3)C2=O)c1. The van der Waals surface area contributed by atoms with Crippen molar-refractivity contribution in [2.45, 2.75) is 13.8 Å². The number of amides is 2. The Labute approximate surface area is 161 Å². The second kappa shape index (κ2) is 7.35. The van der Waals surface area contributed by atoms with E-state index in [1.165, 1.54) is 11.1 Å². The van der Waals surface area contributed by atoms with Gasteiger partial charge in [-0.1, -0.05) is 23.7 Å². The first-order chi connectivity index (χ1) is 12.4. The van der Waals surface area contributed by atoms with Gasteiger partial charge in [0.05, 0.1) is 11.4 Å². The summed E-state index contributed by atoms with van der Waals surface area (Å²) >= 11 is 11.1. The molecule has 1 fully saturated rings. The van der Waals surface area contributed by atoms with E-state index in [1.54, 1.807) is 24.3 Å². The summed E-state index contributed by atoms with van der Waals surface area (Å²) in [5.41, 5.74) is 3.26. The molecule has 2 aromatic rings. The summed E-state index contributed by atoms with van der Waals surface area (Å²) in [5, 5.41) is 3.14. The normalized spacial score (nSPS) is 17.7. The minimum Gasteiger partial charge on any atom is -0.301 e. The summed E-state index contributed by atoms with van der Waals surface area (Å²) < 4.78 is 0. The second-order valence-electron chi connectivity index (χ2n) is 5.99. The summed E-state index contributed by atoms with van der Waals surface area (Å²) in [4.78, 5) is 30.8. The molecule has 0 spiro atoms. The third-order valence-electron chi connectivity index (χ3n) is 4.01. The van der Waals surface area contributed by atoms with E-state index in [9.17, 15) is 9.59 Å². The van der Waals surface area contributed by atoms with E-state index in [1.807, 2.05) is 32.0 Å². The molecule has 7 heteroatoms. The first-order valence-electron chi connectivity index (χ1n) is 7.92. The Morgan fingerprint density at radius 3 is 2.54 bits per heavy atom. The van der Waals surface area contributed by atoms with E-state index in [4.69, 9.17) is 23.8 Å². The van der Waals surface area contributed by atoms with Gasteiger partial charge < -0.3 is 5.32 Å². The molecule has 1 aliphatic heterocycles. The topological polar surface area (TPSA) is 61.8 Å². The van der Waals surface area contributed by atoms with Gasteiger partial charge in [-0.05, 0) is 67.5 Å². The van der Waals surface area contributed by atoms with Crippen molar-refractivity contribution >= 4 is 58.3 Å². The van der Waals surface area contributed by atoms with E-state index in [0.717, 1.165) is 16.8 Å². The zero-order valence-corrected chi connectivity index (χ0v) is 15.8. The van der Waals surface area contributed by atoms with Crippen molar-refractivity contribution < 1.29 is 9.59 Å². The van der Waals surface area contributed by atoms with Gasteiger partial charge in [-0.3, -0.25) is 19.5 Å². The van der Waals surface area contributed by atoms with Crippen molar-refractivity contribution in [1.29, 1.82) is 0 Å². The second-order valence-corrected chi connectivity index (χ2v) is 6.81. The number of nitrogens with one attached hydrogen (secondary N) is 1. The van der Waals surface area contributed by atoms with Gasteiger partial charge in [0.2, 0.25) is 5.91 Å². The number of anilines is 1. The summed E-state index contributed by atoms with van der Waals surface area (Å²) in [6, 6.07) is 12.5. The van der Waals surface area contributed by atoms with E-state index < -0.39 is 17.7 Å². The lowest BCUT2D eigenvalue weighted by molar-refractivity contribution is -0.130. The van der Waals surface area contributed by atoms with Crippen LogP contribution in [0.2, 0.25) is 5.02 Å². The molecule has 132 valence electrons. The molecule has 1 atom stereocenters. The van der Waals surface area contributed by atoms with Gasteiger partial charge >= 0.3 is 0 Å². The number of benzene rings is 2. The number of thiocarbonyl (C=S) groups is 1. The molecule has 2 amide bonds. The molecule has 0 bridgehead atoms. The van der Waals surface area contributed by atoms with Crippen LogP contribution < -0.4 is 10.2 Å². The van der Waals surface area contributed by atoms with Gasteiger partial charge in [-0.25, -0.2) is 0 Å². The Kier molecular flexibility index (Phi) is 5.15. The van der Waals surface area contributed by atoms with Crippen LogP contribution in [0.1, 0.15) is 11.1 Å². The van der Waals surface area contributed by atoms with Crippen LogP contribution in [-0.4, -0.2) is 23.1 Å². The van der Waals surface area contributed by atoms with Crippen LogP contribution in [0.5, 0.6) is 0 Å². The largest absolute Gasteiger partial charge is 0.301 e. The van der Waals surface area contributed by atoms with Gasteiger partial charge in [0, 0.05) is 11.2 Å². The first kappa shape index (κ1) is 18.2. The molecule has 3 rings (SSSR count). The molecule has 0 saturated carbocycles. The molecular formula is C19H16ClN3O2S. The van der Waals surface area contributed by atoms with Crippen molar-refractivity contribution in [3.63, 3.8) is 0 Å². The summed E-state index contributed by atoms with van der Waals surface area (Å²) in [7, 11) is 0. The number of halogens is 1. The Morgan fingerprint density at radius 2 is 1.85 bits per heavy atom. The minimum absolute atomic E-state index is 0.0405. The average Bonchev–Trinajstić information content (AvgIpc) is 2.59. The van der Waals surface area contributed by atoms with Gasteiger partial charge in [-0.2, -0.15) is 0 Å². The summed E-state index contributed by atoms with van der Waals surface area (Å²) in [6.07, 6.45) is 1.37. The predicted octanol–water partition coefficient (Wildman–Crippen LogP) is 3.72. The lowest BCUT2D eigenvalue weighted by Crippen LogP contribution is -2.58. The Balaban J connectivity index is 1.91. The van der Waals surface area contributed by atoms with E-state index in [0.29, 0.717) is 10.7 Å². The fourth-order valence-electron chi connectivity index (χ4n) is 2.57. The Hall–Kier alpha value is -2.57. The van der Waals surface area contributed by atoms with Crippen LogP contribution in [0.15, 0.2) is 47.5 Å². The van der Waals surface area contributed by atoms with Crippen molar-refractivity contribution in [2.75, 3.05) is 4.90 Å². The van der Waals surface area contributed by atoms with Crippen LogP contribution in [0, 0.1) is 19.8 Å². The molecule has 0 aromatic heterocycles. The van der Waals surface area contributed by atoms with Crippen LogP contribution in [0.3, 0.4) is 0 Å². The average molecular weight is 386 g/mol. The summed E-state index contributed by atoms with van der Waals surface area (Å²) in [6.45, 7) is 3.88. The quantitative estimate of drug-likeness (QED) is 0.497. The zero-order chi connectivity index (χ0) is 18.8. The van der Waals surface area contributed by atoms with Crippen LogP contribution in [-0.2, 0) is 9.59 Å². The molecule has 26 heavy (non-hydrogen) atoms. The van der Waals surface area contributed by atoms with Gasteiger partial charge in [0.1, 0.15) is 0 Å². The van der Waals surface area contributed by atoms with E-state index in [2.05, 4.69) is 10.3 Å². The van der Waals surface area contributed by atoms with Gasteiger partial charge in [-0.15, -0.1) is 0 Å². The Bertz CT molecular complexity index is 925. The van der Waals surface area contributed by atoms with E-state index in [-0.39, 0.29) is 5.11 Å². The Morgan fingerprint density at radius 1 is 1.15 bits per heavy atom. The van der Waals surface area contributed by atoms with Crippen LogP contribution in [0.25, 0.3) is 0 Å². The third-order valence-corrected chi connectivity index (χ3v) is 4.55. The minimum atomic E-state index is -1.06. The number of aryl methyl sites for hydroxylation is 2. The highest BCUT2D eigenvalue weighted by atomic mass is 35.5. The number of hydrogen-bond acceptors (Lipinski definition) is 4. The lowest BCUT2D eigenvalue weighted by Gasteiger charge is -2.30. The predicted molar refractivity (Wildman–Crippen MR) is 107 cm³/mol. The maximum atomic E-state index is 12.9. The number of aliphatic imine (C=N–C) groups is 1. The number of carbonyl (C=O) groups excluding carboxylic acids is 2. The number of nitrogens with zero attached hydrogens (tertiary/aromatic N) is 2. The zero-order valence-electron chi connectivity index (χ0n) is 14.2. The van der Waals surface area contributed by atoms with Crippen molar-refractivity contribution in [3.05, 3.63) is 58.6 Å². The molecule has 0 unspecified atom stereocenters. The molecule has 5 nitrogen and oxygen atoms in total. The van der Waals surface area contributed by atoms with Gasteiger partial charge in [0.25, 0.3) is 5.91 Å². The molecule has 1 aliphatic rings. The molecule has 2 aromatic carbocycles. The maximum Gasteiger partial charge on any atom is 0.251 e. The highest BCUT2D eigenvalue weighted by Crippen LogP contribution is 2.24. The number of rotatable bonds is 3. The monoisotopic (exact) mass is 385 g/mol. The molecular weight excluding hydrogens is 370 g/mol. The molecule has 1 heterocycles. The maximum absolute atomic E-state index is 12.9. The molecule has 0 aliphatic carbocycles. The van der Waals surface area contributed by atoms with Gasteiger partial charge in [0.15, 0.2) is 11.0 Å². The summed E-state index contributed by atoms with van der Waals surface area (Å²) in [5.74, 6) is -1.99. The lowest BCUT2D eigenvalue weighted by atomic mass is 10.1. The standard InChI is InChI=1S/C19H16ClN3O2S/c1-11-3-4-12(2)16(9-11)21-10-15-17(24)22-19(26)23(18(15)25)14-7-5-13(20)6-8-14/h3-10,15H,1-2H3,(H,22,24,26)/t15-/m0/s1. The fourth-order valence-corrected chi connectivity index (χ4v) is 2.99. The van der Waals surface area contributed by atoms with Crippen LogP contribution in [0.4, 0.5) is 11.4 Å². The fraction of sp³-hybridized carbons (Fsp3) is 0.158. The molecule has 1 N–H and O–H groups in total. The van der Waals surface area contributed by atoms with E-state index >= 15 is 0 Å². The highest BCUT2D eigenvalue weighted by molar-refractivity contribution is 7.80. The molecule has 0 radical (unpaired) electrons. The van der Waals surface area contributed by atoms with Crippen LogP contribution >= 0.6 is 23.8 Å². The first-order valence-corrected chi connectivity index (χ1v) is 8.71. The van der Waals surface area contributed by atoms with Crippen molar-refractivity contribution in [2.24, 2.45) is 10.9 Å². The number of carbonyl (C=O) groups is 2. The molecule has 1 saturated heterocycles. The highest BCUT2D eigenvalue weighted by Gasteiger charge is 2.38. The number of hydrogen-bond donors (Lipinski definition) is 1. The van der Waals surface area contributed by atoms with Crippen molar-refractivity contribution in [3.8, 4) is 0 Å². The third kappa shape index (κ3) is 3.66. The smallest absolute Gasteiger partial charge is 0.251 e. The van der Waals surface area contributed by atoms with Crippen molar-refractivity contribution in [1.82, 2.24) is 5.32 Å².